The molecule has 7 heteroatoms. The van der Waals surface area contributed by atoms with Crippen LogP contribution < -0.4 is 9.05 Å². The second-order valence-electron chi connectivity index (χ2n) is 4.68. The first-order chi connectivity index (χ1) is 11.2. The normalized spacial score (nSPS) is 11.4. The third kappa shape index (κ3) is 5.08. The molecule has 0 fully saturated rings. The summed E-state index contributed by atoms with van der Waals surface area (Å²) in [5.74, 6) is 0.764. The van der Waals surface area contributed by atoms with Crippen LogP contribution in [0.2, 0.25) is 0 Å². The van der Waals surface area contributed by atoms with Crippen LogP contribution in [-0.4, -0.2) is 41.2 Å². The smallest absolute Gasteiger partial charge is 0.404 e. The summed E-state index contributed by atoms with van der Waals surface area (Å²) in [5.41, 5.74) is 0. The molecule has 2 aromatic rings. The molecule has 0 amide bonds. The van der Waals surface area contributed by atoms with Crippen LogP contribution in [0.3, 0.4) is 0 Å². The van der Waals surface area contributed by atoms with Crippen molar-refractivity contribution in [2.75, 3.05) is 26.3 Å². The number of hydrogen-bond acceptors (Lipinski definition) is 5. The Kier molecular flexibility index (Phi) is 6.62. The minimum atomic E-state index is -3.79. The molecular weight excluding hydrogens is 317 g/mol. The summed E-state index contributed by atoms with van der Waals surface area (Å²) in [7, 11) is -3.79. The van der Waals surface area contributed by atoms with Crippen molar-refractivity contribution in [2.24, 2.45) is 0 Å². The molecule has 124 valence electrons. The van der Waals surface area contributed by atoms with E-state index in [4.69, 9.17) is 9.05 Å². The van der Waals surface area contributed by atoms with E-state index < -0.39 is 7.75 Å². The Balaban J connectivity index is 2.30. The van der Waals surface area contributed by atoms with Crippen LogP contribution in [0.15, 0.2) is 60.7 Å². The van der Waals surface area contributed by atoms with E-state index in [9.17, 15) is 14.8 Å². The lowest BCUT2D eigenvalue weighted by Gasteiger charge is -2.29. The third-order valence-electron chi connectivity index (χ3n) is 2.99. The fraction of sp³-hybridized carbons (Fsp3) is 0.250. The molecule has 0 atom stereocenters. The van der Waals surface area contributed by atoms with Gasteiger partial charge in [-0.2, -0.15) is 4.67 Å². The van der Waals surface area contributed by atoms with Crippen molar-refractivity contribution in [3.63, 3.8) is 0 Å². The minimum Gasteiger partial charge on any atom is -0.404 e. The van der Waals surface area contributed by atoms with Gasteiger partial charge in [0.25, 0.3) is 0 Å². The molecule has 23 heavy (non-hydrogen) atoms. The van der Waals surface area contributed by atoms with Crippen molar-refractivity contribution >= 4 is 7.75 Å². The zero-order valence-corrected chi connectivity index (χ0v) is 13.5. The van der Waals surface area contributed by atoms with Gasteiger partial charge >= 0.3 is 7.75 Å². The molecule has 2 rings (SSSR count). The van der Waals surface area contributed by atoms with Gasteiger partial charge in [0.05, 0.1) is 13.2 Å². The van der Waals surface area contributed by atoms with Gasteiger partial charge < -0.3 is 19.3 Å². The van der Waals surface area contributed by atoms with Gasteiger partial charge in [0.15, 0.2) is 0 Å². The maximum atomic E-state index is 13.3. The number of aliphatic hydroxyl groups excluding tert-OH is 2. The summed E-state index contributed by atoms with van der Waals surface area (Å²) < 4.78 is 25.8. The molecule has 0 aliphatic rings. The van der Waals surface area contributed by atoms with Gasteiger partial charge in [-0.15, -0.1) is 0 Å². The molecule has 0 saturated carbocycles. The summed E-state index contributed by atoms with van der Waals surface area (Å²) in [6.45, 7) is -0.365. The minimum absolute atomic E-state index is 0.0531. The first kappa shape index (κ1) is 17.5. The van der Waals surface area contributed by atoms with Crippen molar-refractivity contribution < 1.29 is 23.8 Å². The van der Waals surface area contributed by atoms with E-state index in [-0.39, 0.29) is 26.3 Å². The van der Waals surface area contributed by atoms with E-state index >= 15 is 0 Å². The van der Waals surface area contributed by atoms with Gasteiger partial charge in [-0.05, 0) is 24.3 Å². The molecule has 0 aromatic heterocycles. The van der Waals surface area contributed by atoms with Crippen molar-refractivity contribution in [3.8, 4) is 11.5 Å². The Hall–Kier alpha value is -1.85. The average molecular weight is 337 g/mol. The number of aliphatic hydroxyl groups is 2. The fourth-order valence-corrected chi connectivity index (χ4v) is 3.66. The zero-order chi connectivity index (χ0) is 16.5. The van der Waals surface area contributed by atoms with E-state index in [0.29, 0.717) is 11.5 Å². The van der Waals surface area contributed by atoms with Crippen LogP contribution in [0, 0.1) is 0 Å². The highest BCUT2D eigenvalue weighted by Gasteiger charge is 2.36. The number of benzene rings is 2. The molecule has 0 heterocycles. The molecule has 0 aliphatic carbocycles. The molecular formula is C16H20NO5P. The van der Waals surface area contributed by atoms with Crippen LogP contribution in [0.1, 0.15) is 0 Å². The van der Waals surface area contributed by atoms with E-state index in [1.54, 1.807) is 48.5 Å². The summed E-state index contributed by atoms with van der Waals surface area (Å²) in [4.78, 5) is 0. The number of para-hydroxylation sites is 2. The highest BCUT2D eigenvalue weighted by molar-refractivity contribution is 7.52. The lowest BCUT2D eigenvalue weighted by molar-refractivity contribution is 0.190. The quantitative estimate of drug-likeness (QED) is 0.685. The number of hydrogen-bond donors (Lipinski definition) is 2. The van der Waals surface area contributed by atoms with E-state index in [1.807, 2.05) is 12.1 Å². The monoisotopic (exact) mass is 337 g/mol. The van der Waals surface area contributed by atoms with E-state index in [2.05, 4.69) is 0 Å². The predicted molar refractivity (Wildman–Crippen MR) is 87.5 cm³/mol. The van der Waals surface area contributed by atoms with Crippen molar-refractivity contribution in [3.05, 3.63) is 60.7 Å². The largest absolute Gasteiger partial charge is 0.515 e. The molecule has 0 radical (unpaired) electrons. The molecule has 0 bridgehead atoms. The molecule has 2 aromatic carbocycles. The standard InChI is InChI=1S/C16H20NO5P/c18-13-11-17(12-14-19)23(20,21-15-7-3-1-4-8-15)22-16-9-5-2-6-10-16/h1-10,18-19H,11-14H2. The first-order valence-electron chi connectivity index (χ1n) is 7.24. The van der Waals surface area contributed by atoms with Crippen LogP contribution in [-0.2, 0) is 4.57 Å². The molecule has 0 unspecified atom stereocenters. The summed E-state index contributed by atoms with van der Waals surface area (Å²) in [5, 5.41) is 18.4. The molecule has 0 spiro atoms. The van der Waals surface area contributed by atoms with Crippen molar-refractivity contribution in [1.29, 1.82) is 0 Å². The molecule has 2 N–H and O–H groups in total. The number of nitrogens with zero attached hydrogens (tertiary/aromatic N) is 1. The topological polar surface area (TPSA) is 79.2 Å². The maximum Gasteiger partial charge on any atom is 0.515 e. The lowest BCUT2D eigenvalue weighted by atomic mass is 10.3. The second-order valence-corrected chi connectivity index (χ2v) is 6.55. The molecule has 0 saturated heterocycles. The first-order valence-corrected chi connectivity index (χ1v) is 8.74. The van der Waals surface area contributed by atoms with Gasteiger partial charge in [0.1, 0.15) is 11.5 Å². The van der Waals surface area contributed by atoms with Gasteiger partial charge in [-0.1, -0.05) is 36.4 Å². The Morgan fingerprint density at radius 2 is 1.17 bits per heavy atom. The second kappa shape index (κ2) is 8.70. The lowest BCUT2D eigenvalue weighted by Crippen LogP contribution is -2.31. The Bertz CT molecular complexity index is 571. The number of rotatable bonds is 9. The third-order valence-corrected chi connectivity index (χ3v) is 4.97. The van der Waals surface area contributed by atoms with Crippen molar-refractivity contribution in [2.45, 2.75) is 0 Å². The Morgan fingerprint density at radius 3 is 1.52 bits per heavy atom. The van der Waals surface area contributed by atoms with Crippen LogP contribution in [0.25, 0.3) is 0 Å². The molecule has 6 nitrogen and oxygen atoms in total. The van der Waals surface area contributed by atoms with Crippen LogP contribution in [0.5, 0.6) is 11.5 Å². The van der Waals surface area contributed by atoms with Crippen LogP contribution in [0.4, 0.5) is 0 Å². The summed E-state index contributed by atoms with van der Waals surface area (Å²) in [6.07, 6.45) is 0. The van der Waals surface area contributed by atoms with Gasteiger partial charge in [-0.25, -0.2) is 4.57 Å². The van der Waals surface area contributed by atoms with E-state index in [1.165, 1.54) is 4.67 Å². The Morgan fingerprint density at radius 1 is 0.783 bits per heavy atom. The van der Waals surface area contributed by atoms with Gasteiger partial charge in [0.2, 0.25) is 0 Å². The highest BCUT2D eigenvalue weighted by atomic mass is 31.2. The Labute approximate surface area is 135 Å². The summed E-state index contributed by atoms with van der Waals surface area (Å²) in [6, 6.07) is 17.3. The van der Waals surface area contributed by atoms with Gasteiger partial charge in [0, 0.05) is 13.1 Å². The summed E-state index contributed by atoms with van der Waals surface area (Å²) >= 11 is 0. The SMILES string of the molecule is O=P(Oc1ccccc1)(Oc1ccccc1)N(CCO)CCO. The maximum absolute atomic E-state index is 13.3. The predicted octanol–water partition coefficient (Wildman–Crippen LogP) is 2.54. The van der Waals surface area contributed by atoms with E-state index in [0.717, 1.165) is 0 Å². The van der Waals surface area contributed by atoms with Gasteiger partial charge in [-0.3, -0.25) is 0 Å². The highest BCUT2D eigenvalue weighted by Crippen LogP contribution is 2.51. The fourth-order valence-electron chi connectivity index (χ4n) is 1.95. The molecule has 0 aliphatic heterocycles. The van der Waals surface area contributed by atoms with Crippen LogP contribution >= 0.6 is 7.75 Å². The van der Waals surface area contributed by atoms with Crippen molar-refractivity contribution in [1.82, 2.24) is 4.67 Å². The zero-order valence-electron chi connectivity index (χ0n) is 12.6. The average Bonchev–Trinajstić information content (AvgIpc) is 2.56.